The van der Waals surface area contributed by atoms with Gasteiger partial charge in [0.1, 0.15) is 5.75 Å². The van der Waals surface area contributed by atoms with Crippen molar-refractivity contribution >= 4 is 5.97 Å². The van der Waals surface area contributed by atoms with Gasteiger partial charge >= 0.3 is 5.97 Å². The lowest BCUT2D eigenvalue weighted by Gasteiger charge is -2.31. The Labute approximate surface area is 106 Å². The molecular formula is C14H17NO3. The van der Waals surface area contributed by atoms with Gasteiger partial charge < -0.3 is 15.2 Å². The van der Waals surface area contributed by atoms with Crippen LogP contribution in [0.1, 0.15) is 17.9 Å². The van der Waals surface area contributed by atoms with E-state index in [-0.39, 0.29) is 11.8 Å². The second kappa shape index (κ2) is 4.61. The van der Waals surface area contributed by atoms with E-state index < -0.39 is 5.97 Å². The molecule has 0 amide bonds. The summed E-state index contributed by atoms with van der Waals surface area (Å²) in [6.45, 7) is 2.06. The molecule has 3 unspecified atom stereocenters. The second-order valence-corrected chi connectivity index (χ2v) is 5.05. The fraction of sp³-hybridized carbons (Fsp3) is 0.500. The molecule has 2 heterocycles. The molecule has 3 rings (SSSR count). The molecule has 1 aromatic rings. The largest absolute Gasteiger partial charge is 0.493 e. The highest BCUT2D eigenvalue weighted by atomic mass is 16.5. The molecule has 4 nitrogen and oxygen atoms in total. The zero-order valence-electron chi connectivity index (χ0n) is 10.1. The first-order chi connectivity index (χ1) is 8.77. The van der Waals surface area contributed by atoms with Crippen LogP contribution in [-0.2, 0) is 4.79 Å². The molecule has 0 spiro atoms. The van der Waals surface area contributed by atoms with Gasteiger partial charge in [-0.1, -0.05) is 18.2 Å². The SMILES string of the molecule is O=C(O)C1CNCC1C1CCOc2ccccc21. The topological polar surface area (TPSA) is 58.6 Å². The first kappa shape index (κ1) is 11.5. The van der Waals surface area contributed by atoms with Crippen LogP contribution in [-0.4, -0.2) is 30.8 Å². The number of fused-ring (bicyclic) bond motifs is 1. The number of carbonyl (C=O) groups is 1. The second-order valence-electron chi connectivity index (χ2n) is 5.05. The number of ether oxygens (including phenoxy) is 1. The average Bonchev–Trinajstić information content (AvgIpc) is 2.87. The molecule has 1 aromatic carbocycles. The van der Waals surface area contributed by atoms with Crippen molar-refractivity contribution in [1.82, 2.24) is 5.32 Å². The summed E-state index contributed by atoms with van der Waals surface area (Å²) in [5, 5.41) is 12.5. The monoisotopic (exact) mass is 247 g/mol. The van der Waals surface area contributed by atoms with E-state index in [2.05, 4.69) is 11.4 Å². The van der Waals surface area contributed by atoms with Crippen LogP contribution in [0, 0.1) is 11.8 Å². The fourth-order valence-corrected chi connectivity index (χ4v) is 3.21. The van der Waals surface area contributed by atoms with Crippen LogP contribution in [0.5, 0.6) is 5.75 Å². The molecule has 2 N–H and O–H groups in total. The van der Waals surface area contributed by atoms with Crippen LogP contribution in [0.15, 0.2) is 24.3 Å². The summed E-state index contributed by atoms with van der Waals surface area (Å²) in [6.07, 6.45) is 0.910. The third-order valence-corrected chi connectivity index (χ3v) is 4.10. The van der Waals surface area contributed by atoms with Gasteiger partial charge in [-0.2, -0.15) is 0 Å². The molecule has 0 saturated carbocycles. The molecule has 1 saturated heterocycles. The standard InChI is InChI=1S/C14H17NO3/c16-14(17)12-8-15-7-11(12)9-5-6-18-13-4-2-1-3-10(9)13/h1-4,9,11-12,15H,5-8H2,(H,16,17). The number of hydrogen-bond acceptors (Lipinski definition) is 3. The van der Waals surface area contributed by atoms with Gasteiger partial charge in [0.25, 0.3) is 0 Å². The third-order valence-electron chi connectivity index (χ3n) is 4.10. The molecule has 2 aliphatic rings. The Bertz CT molecular complexity index is 460. The van der Waals surface area contributed by atoms with Crippen molar-refractivity contribution in [1.29, 1.82) is 0 Å². The molecule has 96 valence electrons. The summed E-state index contributed by atoms with van der Waals surface area (Å²) >= 11 is 0. The van der Waals surface area contributed by atoms with Crippen molar-refractivity contribution in [2.45, 2.75) is 12.3 Å². The van der Waals surface area contributed by atoms with E-state index in [1.165, 1.54) is 5.56 Å². The highest BCUT2D eigenvalue weighted by molar-refractivity contribution is 5.71. The van der Waals surface area contributed by atoms with Crippen molar-refractivity contribution in [2.24, 2.45) is 11.8 Å². The minimum absolute atomic E-state index is 0.174. The highest BCUT2D eigenvalue weighted by Gasteiger charge is 2.40. The Kier molecular flexibility index (Phi) is 2.96. The Morgan fingerprint density at radius 1 is 1.33 bits per heavy atom. The predicted octanol–water partition coefficient (Wildman–Crippen LogP) is 1.47. The van der Waals surface area contributed by atoms with E-state index in [0.29, 0.717) is 19.1 Å². The van der Waals surface area contributed by atoms with Crippen LogP contribution in [0.4, 0.5) is 0 Å². The van der Waals surface area contributed by atoms with Crippen molar-refractivity contribution < 1.29 is 14.6 Å². The number of carboxylic acids is 1. The normalized spacial score (nSPS) is 30.6. The van der Waals surface area contributed by atoms with Gasteiger partial charge in [0.05, 0.1) is 12.5 Å². The van der Waals surface area contributed by atoms with Gasteiger partial charge in [-0.25, -0.2) is 0 Å². The van der Waals surface area contributed by atoms with Gasteiger partial charge in [-0.3, -0.25) is 4.79 Å². The Morgan fingerprint density at radius 3 is 3.00 bits per heavy atom. The van der Waals surface area contributed by atoms with Crippen LogP contribution in [0.2, 0.25) is 0 Å². The molecule has 1 fully saturated rings. The van der Waals surface area contributed by atoms with E-state index in [4.69, 9.17) is 4.74 Å². The first-order valence-corrected chi connectivity index (χ1v) is 6.42. The molecule has 0 bridgehead atoms. The van der Waals surface area contributed by atoms with Gasteiger partial charge in [0.2, 0.25) is 0 Å². The molecule has 0 aliphatic carbocycles. The molecule has 0 aromatic heterocycles. The predicted molar refractivity (Wildman–Crippen MR) is 66.8 cm³/mol. The summed E-state index contributed by atoms with van der Waals surface area (Å²) < 4.78 is 5.64. The van der Waals surface area contributed by atoms with Crippen LogP contribution in [0.25, 0.3) is 0 Å². The summed E-state index contributed by atoms with van der Waals surface area (Å²) in [5.74, 6) is 0.429. The molecule has 4 heteroatoms. The van der Waals surface area contributed by atoms with Gasteiger partial charge in [0, 0.05) is 6.54 Å². The number of hydrogen-bond donors (Lipinski definition) is 2. The molecule has 3 atom stereocenters. The number of aliphatic carboxylic acids is 1. The summed E-state index contributed by atoms with van der Waals surface area (Å²) in [4.78, 5) is 11.3. The zero-order chi connectivity index (χ0) is 12.5. The first-order valence-electron chi connectivity index (χ1n) is 6.42. The summed E-state index contributed by atoms with van der Waals surface area (Å²) in [6, 6.07) is 8.00. The van der Waals surface area contributed by atoms with E-state index >= 15 is 0 Å². The lowest BCUT2D eigenvalue weighted by atomic mass is 9.77. The van der Waals surface area contributed by atoms with Gasteiger partial charge in [-0.05, 0) is 36.4 Å². The lowest BCUT2D eigenvalue weighted by Crippen LogP contribution is -2.30. The smallest absolute Gasteiger partial charge is 0.308 e. The summed E-state index contributed by atoms with van der Waals surface area (Å²) in [5.41, 5.74) is 1.17. The van der Waals surface area contributed by atoms with E-state index in [1.807, 2.05) is 18.2 Å². The maximum absolute atomic E-state index is 11.3. The van der Waals surface area contributed by atoms with Gasteiger partial charge in [0.15, 0.2) is 0 Å². The van der Waals surface area contributed by atoms with Crippen LogP contribution >= 0.6 is 0 Å². The van der Waals surface area contributed by atoms with Crippen LogP contribution < -0.4 is 10.1 Å². The van der Waals surface area contributed by atoms with Crippen molar-refractivity contribution in [3.05, 3.63) is 29.8 Å². The third kappa shape index (κ3) is 1.86. The van der Waals surface area contributed by atoms with Crippen LogP contribution in [0.3, 0.4) is 0 Å². The summed E-state index contributed by atoms with van der Waals surface area (Å²) in [7, 11) is 0. The number of benzene rings is 1. The quantitative estimate of drug-likeness (QED) is 0.831. The van der Waals surface area contributed by atoms with E-state index in [1.54, 1.807) is 0 Å². The molecular weight excluding hydrogens is 230 g/mol. The minimum atomic E-state index is -0.686. The molecule has 2 aliphatic heterocycles. The average molecular weight is 247 g/mol. The fourth-order valence-electron chi connectivity index (χ4n) is 3.21. The van der Waals surface area contributed by atoms with E-state index in [9.17, 15) is 9.90 Å². The Morgan fingerprint density at radius 2 is 2.17 bits per heavy atom. The number of carboxylic acid groups (broad SMARTS) is 1. The highest BCUT2D eigenvalue weighted by Crippen LogP contribution is 2.42. The maximum Gasteiger partial charge on any atom is 0.308 e. The lowest BCUT2D eigenvalue weighted by molar-refractivity contribution is -0.142. The number of rotatable bonds is 2. The van der Waals surface area contributed by atoms with Crippen molar-refractivity contribution in [3.8, 4) is 5.75 Å². The Hall–Kier alpha value is -1.55. The molecule has 0 radical (unpaired) electrons. The minimum Gasteiger partial charge on any atom is -0.493 e. The Balaban J connectivity index is 1.91. The number of para-hydroxylation sites is 1. The number of nitrogens with one attached hydrogen (secondary N) is 1. The van der Waals surface area contributed by atoms with Gasteiger partial charge in [-0.15, -0.1) is 0 Å². The molecule has 18 heavy (non-hydrogen) atoms. The van der Waals surface area contributed by atoms with Crippen molar-refractivity contribution in [2.75, 3.05) is 19.7 Å². The van der Waals surface area contributed by atoms with Crippen molar-refractivity contribution in [3.63, 3.8) is 0 Å². The maximum atomic E-state index is 11.3. The van der Waals surface area contributed by atoms with E-state index in [0.717, 1.165) is 18.7 Å². The zero-order valence-corrected chi connectivity index (χ0v) is 10.1.